The van der Waals surface area contributed by atoms with Crippen LogP contribution in [-0.2, 0) is 22.4 Å². The van der Waals surface area contributed by atoms with Crippen LogP contribution in [0.25, 0.3) is 20.9 Å². The van der Waals surface area contributed by atoms with Gasteiger partial charge in [0.1, 0.15) is 15.4 Å². The van der Waals surface area contributed by atoms with E-state index < -0.39 is 38.4 Å². The molecule has 34 heavy (non-hydrogen) atoms. The number of anilines is 1. The van der Waals surface area contributed by atoms with Crippen molar-refractivity contribution in [2.24, 2.45) is 0 Å². The number of hydrogen-bond donors (Lipinski definition) is 1. The molecule has 0 radical (unpaired) electrons. The predicted octanol–water partition coefficient (Wildman–Crippen LogP) is 6.51. The van der Waals surface area contributed by atoms with Crippen molar-refractivity contribution in [1.29, 1.82) is 0 Å². The van der Waals surface area contributed by atoms with E-state index in [0.29, 0.717) is 26.5 Å². The first-order chi connectivity index (χ1) is 15.7. The molecule has 178 valence electrons. The SMILES string of the molecule is Cc1cc(-c2nc3cccnc3s2)ccc1NS(=O)(=O)c1cc(C(F)(F)F)cc(C(F)(F)F)c1. The fourth-order valence-electron chi connectivity index (χ4n) is 3.09. The van der Waals surface area contributed by atoms with Gasteiger partial charge in [-0.3, -0.25) is 4.72 Å². The first-order valence-corrected chi connectivity index (χ1v) is 11.7. The van der Waals surface area contributed by atoms with Gasteiger partial charge in [0.05, 0.1) is 21.7 Å². The van der Waals surface area contributed by atoms with Gasteiger partial charge in [0.15, 0.2) is 0 Å². The lowest BCUT2D eigenvalue weighted by Gasteiger charge is -2.16. The molecule has 5 nitrogen and oxygen atoms in total. The summed E-state index contributed by atoms with van der Waals surface area (Å²) in [7, 11) is -4.77. The molecule has 0 amide bonds. The third-order valence-electron chi connectivity index (χ3n) is 4.76. The number of fused-ring (bicyclic) bond motifs is 1. The molecule has 1 N–H and O–H groups in total. The topological polar surface area (TPSA) is 72.0 Å². The van der Waals surface area contributed by atoms with Crippen LogP contribution in [0.1, 0.15) is 16.7 Å². The monoisotopic (exact) mass is 517 g/mol. The summed E-state index contributed by atoms with van der Waals surface area (Å²) < 4.78 is 106. The molecule has 0 saturated heterocycles. The number of aromatic nitrogens is 2. The summed E-state index contributed by atoms with van der Waals surface area (Å²) in [6, 6.07) is 8.20. The Balaban J connectivity index is 1.69. The summed E-state index contributed by atoms with van der Waals surface area (Å²) in [6.45, 7) is 1.54. The molecule has 0 fully saturated rings. The second-order valence-corrected chi connectivity index (χ2v) is 9.88. The Bertz CT molecular complexity index is 1430. The number of rotatable bonds is 4. The largest absolute Gasteiger partial charge is 0.416 e. The van der Waals surface area contributed by atoms with Crippen molar-refractivity contribution in [2.75, 3.05) is 4.72 Å². The zero-order valence-electron chi connectivity index (χ0n) is 17.0. The molecule has 13 heteroatoms. The summed E-state index contributed by atoms with van der Waals surface area (Å²) in [5, 5.41) is 0.610. The van der Waals surface area contributed by atoms with Crippen LogP contribution in [0.3, 0.4) is 0 Å². The van der Waals surface area contributed by atoms with Crippen LogP contribution in [0, 0.1) is 6.92 Å². The number of nitrogens with zero attached hydrogens (tertiary/aromatic N) is 2. The smallest absolute Gasteiger partial charge is 0.279 e. The first-order valence-electron chi connectivity index (χ1n) is 9.39. The van der Waals surface area contributed by atoms with E-state index in [-0.39, 0.29) is 23.9 Å². The quantitative estimate of drug-likeness (QED) is 0.314. The fourth-order valence-corrected chi connectivity index (χ4v) is 5.19. The second kappa shape index (κ2) is 8.24. The number of alkyl halides is 6. The van der Waals surface area contributed by atoms with Crippen LogP contribution >= 0.6 is 11.3 Å². The minimum Gasteiger partial charge on any atom is -0.279 e. The summed E-state index contributed by atoms with van der Waals surface area (Å²) in [5.74, 6) is 0. The Kier molecular flexibility index (Phi) is 5.80. The van der Waals surface area contributed by atoms with E-state index in [4.69, 9.17) is 0 Å². The number of thiazole rings is 1. The van der Waals surface area contributed by atoms with E-state index in [1.54, 1.807) is 31.3 Å². The van der Waals surface area contributed by atoms with Crippen molar-refractivity contribution in [3.05, 3.63) is 71.4 Å². The molecule has 0 bridgehead atoms. The van der Waals surface area contributed by atoms with Crippen LogP contribution in [-0.4, -0.2) is 18.4 Å². The molecule has 2 heterocycles. The molecule has 2 aromatic carbocycles. The number of benzene rings is 2. The van der Waals surface area contributed by atoms with Gasteiger partial charge in [0, 0.05) is 11.8 Å². The normalized spacial score (nSPS) is 12.8. The third kappa shape index (κ3) is 4.85. The predicted molar refractivity (Wildman–Crippen MR) is 115 cm³/mol. The van der Waals surface area contributed by atoms with E-state index >= 15 is 0 Å². The van der Waals surface area contributed by atoms with Crippen LogP contribution < -0.4 is 4.72 Å². The second-order valence-electron chi connectivity index (χ2n) is 7.22. The van der Waals surface area contributed by atoms with E-state index in [9.17, 15) is 34.8 Å². The van der Waals surface area contributed by atoms with Crippen molar-refractivity contribution in [3.63, 3.8) is 0 Å². The van der Waals surface area contributed by atoms with Gasteiger partial charge < -0.3 is 0 Å². The minimum atomic E-state index is -5.17. The van der Waals surface area contributed by atoms with Gasteiger partial charge in [-0.05, 0) is 61.0 Å². The van der Waals surface area contributed by atoms with Crippen LogP contribution in [0.5, 0.6) is 0 Å². The highest BCUT2D eigenvalue weighted by Gasteiger charge is 2.38. The maximum Gasteiger partial charge on any atom is 0.416 e. The average Bonchev–Trinajstić information content (AvgIpc) is 3.18. The molecular weight excluding hydrogens is 504 g/mol. The number of hydrogen-bond acceptors (Lipinski definition) is 5. The summed E-state index contributed by atoms with van der Waals surface area (Å²) in [5.41, 5.74) is -1.75. The van der Waals surface area contributed by atoms with Crippen molar-refractivity contribution in [1.82, 2.24) is 9.97 Å². The zero-order valence-corrected chi connectivity index (χ0v) is 18.6. The van der Waals surface area contributed by atoms with E-state index in [0.717, 1.165) is 0 Å². The molecule has 0 aliphatic carbocycles. The van der Waals surface area contributed by atoms with Crippen molar-refractivity contribution in [2.45, 2.75) is 24.2 Å². The molecular formula is C21H13F6N3O2S2. The molecule has 0 spiro atoms. The van der Waals surface area contributed by atoms with Crippen molar-refractivity contribution in [3.8, 4) is 10.6 Å². The number of sulfonamides is 1. The minimum absolute atomic E-state index is 0.00560. The fraction of sp³-hybridized carbons (Fsp3) is 0.143. The molecule has 4 aromatic rings. The Hall–Kier alpha value is -3.19. The summed E-state index contributed by atoms with van der Waals surface area (Å²) in [4.78, 5) is 8.19. The van der Waals surface area contributed by atoms with Gasteiger partial charge in [-0.15, -0.1) is 0 Å². The maximum absolute atomic E-state index is 13.1. The van der Waals surface area contributed by atoms with Gasteiger partial charge in [0.2, 0.25) is 0 Å². The molecule has 4 rings (SSSR count). The van der Waals surface area contributed by atoms with E-state index in [1.807, 2.05) is 0 Å². The van der Waals surface area contributed by atoms with Gasteiger partial charge in [-0.2, -0.15) is 26.3 Å². The van der Waals surface area contributed by atoms with E-state index in [1.165, 1.54) is 23.5 Å². The number of halogens is 6. The molecule has 2 aromatic heterocycles. The maximum atomic E-state index is 13.1. The lowest BCUT2D eigenvalue weighted by molar-refractivity contribution is -0.143. The summed E-state index contributed by atoms with van der Waals surface area (Å²) in [6.07, 6.45) is -8.73. The Morgan fingerprint density at radius 1 is 0.912 bits per heavy atom. The zero-order chi connectivity index (χ0) is 24.9. The highest BCUT2D eigenvalue weighted by Crippen LogP contribution is 2.38. The summed E-state index contributed by atoms with van der Waals surface area (Å²) >= 11 is 1.31. The Labute approximate surface area is 193 Å². The van der Waals surface area contributed by atoms with Gasteiger partial charge in [0.25, 0.3) is 10.0 Å². The molecule has 0 aliphatic heterocycles. The van der Waals surface area contributed by atoms with Crippen molar-refractivity contribution < 1.29 is 34.8 Å². The van der Waals surface area contributed by atoms with Gasteiger partial charge in [-0.1, -0.05) is 11.3 Å². The Morgan fingerprint density at radius 2 is 1.56 bits per heavy atom. The molecule has 0 unspecified atom stereocenters. The van der Waals surface area contributed by atoms with Gasteiger partial charge in [-0.25, -0.2) is 18.4 Å². The highest BCUT2D eigenvalue weighted by atomic mass is 32.2. The molecule has 0 saturated carbocycles. The molecule has 0 aliphatic rings. The lowest BCUT2D eigenvalue weighted by Crippen LogP contribution is -2.18. The van der Waals surface area contributed by atoms with Crippen LogP contribution in [0.4, 0.5) is 32.0 Å². The number of nitrogens with one attached hydrogen (secondary N) is 1. The number of pyridine rings is 1. The first kappa shape index (κ1) is 24.0. The third-order valence-corrected chi connectivity index (χ3v) is 7.13. The van der Waals surface area contributed by atoms with Crippen LogP contribution in [0.15, 0.2) is 59.6 Å². The van der Waals surface area contributed by atoms with Gasteiger partial charge >= 0.3 is 12.4 Å². The molecule has 0 atom stereocenters. The standard InChI is InChI=1S/C21H13F6N3O2S2/c1-11-7-12(18-29-17-3-2-6-28-19(17)33-18)4-5-16(11)30-34(31,32)15-9-13(20(22,23)24)8-14(10-15)21(25,26)27/h2-10,30H,1H3. The Morgan fingerprint density at radius 3 is 2.12 bits per heavy atom. The number of aryl methyl sites for hydroxylation is 1. The van der Waals surface area contributed by atoms with E-state index in [2.05, 4.69) is 14.7 Å². The van der Waals surface area contributed by atoms with Crippen molar-refractivity contribution >= 4 is 37.4 Å². The highest BCUT2D eigenvalue weighted by molar-refractivity contribution is 7.92. The lowest BCUT2D eigenvalue weighted by atomic mass is 10.1. The van der Waals surface area contributed by atoms with Crippen LogP contribution in [0.2, 0.25) is 0 Å². The average molecular weight is 517 g/mol.